The lowest BCUT2D eigenvalue weighted by Gasteiger charge is -2.26. The van der Waals surface area contributed by atoms with Crippen molar-refractivity contribution in [1.29, 1.82) is 0 Å². The van der Waals surface area contributed by atoms with Gasteiger partial charge in [0.2, 0.25) is 0 Å². The average molecular weight is 285 g/mol. The van der Waals surface area contributed by atoms with Crippen LogP contribution in [0.3, 0.4) is 0 Å². The molecule has 0 saturated heterocycles. The van der Waals surface area contributed by atoms with Gasteiger partial charge in [-0.05, 0) is 26.8 Å². The summed E-state index contributed by atoms with van der Waals surface area (Å²) in [5, 5.41) is 9.04. The topological polar surface area (TPSA) is 70.5 Å². The monoisotopic (exact) mass is 284 g/mol. The lowest BCUT2D eigenvalue weighted by Crippen LogP contribution is -2.38. The zero-order chi connectivity index (χ0) is 14.6. The molecule has 0 spiro atoms. The van der Waals surface area contributed by atoms with Gasteiger partial charge in [-0.1, -0.05) is 11.6 Å². The number of rotatable bonds is 5. The zero-order valence-corrected chi connectivity index (χ0v) is 11.9. The molecule has 104 valence electrons. The molecule has 0 fully saturated rings. The van der Waals surface area contributed by atoms with E-state index >= 15 is 0 Å². The number of pyridine rings is 1. The van der Waals surface area contributed by atoms with Crippen LogP contribution in [0.2, 0.25) is 5.02 Å². The summed E-state index contributed by atoms with van der Waals surface area (Å²) in [4.78, 5) is 28.5. The molecule has 0 unspecified atom stereocenters. The van der Waals surface area contributed by atoms with E-state index in [1.807, 2.05) is 13.8 Å². The summed E-state index contributed by atoms with van der Waals surface area (Å²) in [6.07, 6.45) is 1.33. The van der Waals surface area contributed by atoms with Crippen molar-refractivity contribution < 1.29 is 14.7 Å². The fourth-order valence-electron chi connectivity index (χ4n) is 1.65. The van der Waals surface area contributed by atoms with E-state index in [4.69, 9.17) is 16.7 Å². The Kier molecular flexibility index (Phi) is 5.30. The molecule has 6 heteroatoms. The number of carbonyl (C=O) groups excluding carboxylic acids is 1. The minimum absolute atomic E-state index is 0.0964. The maximum Gasteiger partial charge on any atom is 0.305 e. The molecular formula is C13H17ClN2O3. The van der Waals surface area contributed by atoms with E-state index in [-0.39, 0.29) is 24.9 Å². The maximum atomic E-state index is 12.3. The first-order chi connectivity index (χ1) is 8.82. The third kappa shape index (κ3) is 4.21. The van der Waals surface area contributed by atoms with Gasteiger partial charge in [-0.25, -0.2) is 0 Å². The molecule has 0 radical (unpaired) electrons. The molecule has 5 nitrogen and oxygen atoms in total. The number of carboxylic acids is 1. The zero-order valence-electron chi connectivity index (χ0n) is 11.2. The second-order valence-corrected chi connectivity index (χ2v) is 4.95. The number of amides is 1. The molecule has 1 heterocycles. The van der Waals surface area contributed by atoms with Gasteiger partial charge < -0.3 is 10.0 Å². The standard InChI is InChI=1S/C13H17ClN2O3/c1-8(2)16(5-4-12(17)18)13(19)10-7-15-9(3)6-11(10)14/h6-8H,4-5H2,1-3H3,(H,17,18). The predicted octanol–water partition coefficient (Wildman–Crippen LogP) is 2.37. The van der Waals surface area contributed by atoms with Crippen LogP contribution in [0.4, 0.5) is 0 Å². The van der Waals surface area contributed by atoms with Crippen molar-refractivity contribution in [3.8, 4) is 0 Å². The van der Waals surface area contributed by atoms with Gasteiger partial charge in [-0.3, -0.25) is 14.6 Å². The normalized spacial score (nSPS) is 10.6. The van der Waals surface area contributed by atoms with E-state index in [2.05, 4.69) is 4.98 Å². The maximum absolute atomic E-state index is 12.3. The fourth-order valence-corrected chi connectivity index (χ4v) is 1.94. The second kappa shape index (κ2) is 6.52. The lowest BCUT2D eigenvalue weighted by molar-refractivity contribution is -0.137. The van der Waals surface area contributed by atoms with Crippen molar-refractivity contribution in [2.45, 2.75) is 33.2 Å². The lowest BCUT2D eigenvalue weighted by atomic mass is 10.2. The van der Waals surface area contributed by atoms with Crippen LogP contribution in [0, 0.1) is 6.92 Å². The van der Waals surface area contributed by atoms with Gasteiger partial charge in [0, 0.05) is 24.5 Å². The smallest absolute Gasteiger partial charge is 0.305 e. The molecule has 1 amide bonds. The van der Waals surface area contributed by atoms with Crippen LogP contribution >= 0.6 is 11.6 Å². The molecule has 0 atom stereocenters. The number of carbonyl (C=O) groups is 2. The van der Waals surface area contributed by atoms with E-state index in [0.29, 0.717) is 10.6 Å². The average Bonchev–Trinajstić information content (AvgIpc) is 2.27. The molecule has 19 heavy (non-hydrogen) atoms. The molecule has 0 aliphatic rings. The molecule has 0 aliphatic carbocycles. The summed E-state index contributed by atoms with van der Waals surface area (Å²) in [5.74, 6) is -1.24. The van der Waals surface area contributed by atoms with Crippen LogP contribution < -0.4 is 0 Å². The molecule has 1 rings (SSSR count). The van der Waals surface area contributed by atoms with E-state index in [1.54, 1.807) is 13.0 Å². The first kappa shape index (κ1) is 15.4. The Hall–Kier alpha value is -1.62. The SMILES string of the molecule is Cc1cc(Cl)c(C(=O)N(CCC(=O)O)C(C)C)cn1. The molecule has 1 aromatic rings. The van der Waals surface area contributed by atoms with Gasteiger partial charge in [0.05, 0.1) is 17.0 Å². The minimum atomic E-state index is -0.938. The summed E-state index contributed by atoms with van der Waals surface area (Å²) in [6, 6.07) is 1.51. The highest BCUT2D eigenvalue weighted by Gasteiger charge is 2.22. The molecule has 1 aromatic heterocycles. The number of aryl methyl sites for hydroxylation is 1. The largest absolute Gasteiger partial charge is 0.481 e. The number of hydrogen-bond acceptors (Lipinski definition) is 3. The molecule has 0 bridgehead atoms. The van der Waals surface area contributed by atoms with E-state index in [1.165, 1.54) is 11.1 Å². The van der Waals surface area contributed by atoms with Gasteiger partial charge in [0.1, 0.15) is 0 Å². The third-order valence-electron chi connectivity index (χ3n) is 2.67. The van der Waals surface area contributed by atoms with Crippen LogP contribution in [-0.2, 0) is 4.79 Å². The van der Waals surface area contributed by atoms with Crippen molar-refractivity contribution in [1.82, 2.24) is 9.88 Å². The molecule has 0 saturated carbocycles. The van der Waals surface area contributed by atoms with Gasteiger partial charge in [0.25, 0.3) is 5.91 Å². The van der Waals surface area contributed by atoms with Gasteiger partial charge >= 0.3 is 5.97 Å². The number of halogens is 1. The van der Waals surface area contributed by atoms with E-state index in [0.717, 1.165) is 5.69 Å². The Labute approximate surface area is 117 Å². The summed E-state index contributed by atoms with van der Waals surface area (Å²) in [5.41, 5.74) is 1.02. The van der Waals surface area contributed by atoms with Crippen LogP contribution in [0.25, 0.3) is 0 Å². The minimum Gasteiger partial charge on any atom is -0.481 e. The van der Waals surface area contributed by atoms with Crippen LogP contribution in [0.5, 0.6) is 0 Å². The summed E-state index contributed by atoms with van der Waals surface area (Å²) in [6.45, 7) is 5.59. The van der Waals surface area contributed by atoms with Crippen LogP contribution in [-0.4, -0.2) is 39.5 Å². The van der Waals surface area contributed by atoms with Gasteiger partial charge in [-0.15, -0.1) is 0 Å². The highest BCUT2D eigenvalue weighted by Crippen LogP contribution is 2.19. The highest BCUT2D eigenvalue weighted by molar-refractivity contribution is 6.33. The third-order valence-corrected chi connectivity index (χ3v) is 2.98. The second-order valence-electron chi connectivity index (χ2n) is 4.54. The Morgan fingerprint density at radius 1 is 1.47 bits per heavy atom. The summed E-state index contributed by atoms with van der Waals surface area (Å²) >= 11 is 6.03. The van der Waals surface area contributed by atoms with E-state index in [9.17, 15) is 9.59 Å². The fraction of sp³-hybridized carbons (Fsp3) is 0.462. The Morgan fingerprint density at radius 3 is 2.58 bits per heavy atom. The van der Waals surface area contributed by atoms with Crippen molar-refractivity contribution in [2.75, 3.05) is 6.54 Å². The first-order valence-electron chi connectivity index (χ1n) is 5.97. The number of hydrogen-bond donors (Lipinski definition) is 1. The van der Waals surface area contributed by atoms with Crippen molar-refractivity contribution in [3.63, 3.8) is 0 Å². The number of carboxylic acid groups (broad SMARTS) is 1. The molecule has 0 aromatic carbocycles. The Balaban J connectivity index is 2.95. The number of aromatic nitrogens is 1. The molecular weight excluding hydrogens is 268 g/mol. The number of aliphatic carboxylic acids is 1. The first-order valence-corrected chi connectivity index (χ1v) is 6.35. The predicted molar refractivity (Wildman–Crippen MR) is 72.4 cm³/mol. The quantitative estimate of drug-likeness (QED) is 0.901. The van der Waals surface area contributed by atoms with Crippen molar-refractivity contribution >= 4 is 23.5 Å². The van der Waals surface area contributed by atoms with Gasteiger partial charge in [0.15, 0.2) is 0 Å². The van der Waals surface area contributed by atoms with Crippen LogP contribution in [0.15, 0.2) is 12.3 Å². The summed E-state index contributed by atoms with van der Waals surface area (Å²) in [7, 11) is 0. The number of nitrogens with zero attached hydrogens (tertiary/aromatic N) is 2. The summed E-state index contributed by atoms with van der Waals surface area (Å²) < 4.78 is 0. The van der Waals surface area contributed by atoms with Crippen molar-refractivity contribution in [3.05, 3.63) is 28.5 Å². The van der Waals surface area contributed by atoms with Gasteiger partial charge in [-0.2, -0.15) is 0 Å². The Morgan fingerprint density at radius 2 is 2.11 bits per heavy atom. The highest BCUT2D eigenvalue weighted by atomic mass is 35.5. The molecule has 1 N–H and O–H groups in total. The Bertz CT molecular complexity index is 489. The van der Waals surface area contributed by atoms with E-state index < -0.39 is 5.97 Å². The van der Waals surface area contributed by atoms with Crippen LogP contribution in [0.1, 0.15) is 36.3 Å². The van der Waals surface area contributed by atoms with Crippen molar-refractivity contribution in [2.24, 2.45) is 0 Å². The molecule has 0 aliphatic heterocycles.